The zero-order valence-corrected chi connectivity index (χ0v) is 22.3. The minimum absolute atomic E-state index is 0.0204. The van der Waals surface area contributed by atoms with Gasteiger partial charge in [-0.3, -0.25) is 0 Å². The fourth-order valence-electron chi connectivity index (χ4n) is 3.68. The molecule has 0 aliphatic carbocycles. The molecule has 0 spiro atoms. The number of carboxylic acid groups (broad SMARTS) is 1. The molecule has 1 amide bonds. The van der Waals surface area contributed by atoms with Gasteiger partial charge in [0.2, 0.25) is 0 Å². The quantitative estimate of drug-likeness (QED) is 0.241. The Kier molecular flexibility index (Phi) is 12.3. The molecule has 3 rings (SSSR count). The lowest BCUT2D eigenvalue weighted by Crippen LogP contribution is -2.37. The number of carboxylic acids is 1. The average Bonchev–Trinajstić information content (AvgIpc) is 2.95. The summed E-state index contributed by atoms with van der Waals surface area (Å²) in [6.45, 7) is 3.09. The van der Waals surface area contributed by atoms with E-state index >= 15 is 0 Å². The lowest BCUT2D eigenvalue weighted by molar-refractivity contribution is -0.149. The molecule has 1 unspecified atom stereocenters. The number of carbonyl (C=O) groups excluding carboxylic acids is 1. The monoisotopic (exact) mass is 557 g/mol. The van der Waals surface area contributed by atoms with E-state index in [-0.39, 0.29) is 57.6 Å². The number of amides is 1. The zero-order chi connectivity index (χ0) is 28.7. The first-order valence-corrected chi connectivity index (χ1v) is 12.9. The van der Waals surface area contributed by atoms with E-state index < -0.39 is 18.2 Å². The standard InChI is InChI=1S/C30H33F2NO7/c1-2-38-28(29(34)35)19-22-7-13-27(14-8-22)39-18-16-33(15-17-37-20-23-3-9-25(31)10-4-23)30(36)40-21-24-5-11-26(32)12-6-24/h3-14,28H,2,15-21H2,1H3,(H,34,35). The second kappa shape index (κ2) is 16.2. The molecule has 8 nitrogen and oxygen atoms in total. The van der Waals surface area contributed by atoms with Crippen LogP contribution in [0.1, 0.15) is 23.6 Å². The third-order valence-electron chi connectivity index (χ3n) is 5.84. The van der Waals surface area contributed by atoms with Crippen LogP contribution in [0.2, 0.25) is 0 Å². The number of halogens is 2. The molecule has 1 N–H and O–H groups in total. The smallest absolute Gasteiger partial charge is 0.410 e. The Labute approximate surface area is 232 Å². The van der Waals surface area contributed by atoms with E-state index in [2.05, 4.69) is 0 Å². The van der Waals surface area contributed by atoms with E-state index in [1.165, 1.54) is 29.2 Å². The van der Waals surface area contributed by atoms with Gasteiger partial charge < -0.3 is 29.0 Å². The molecular formula is C30H33F2NO7. The number of nitrogens with zero attached hydrogens (tertiary/aromatic N) is 1. The average molecular weight is 558 g/mol. The van der Waals surface area contributed by atoms with Crippen LogP contribution in [-0.2, 0) is 38.6 Å². The van der Waals surface area contributed by atoms with Crippen molar-refractivity contribution in [3.63, 3.8) is 0 Å². The van der Waals surface area contributed by atoms with Crippen molar-refractivity contribution < 1.29 is 42.4 Å². The van der Waals surface area contributed by atoms with Gasteiger partial charge in [0.05, 0.1) is 19.8 Å². The first-order valence-electron chi connectivity index (χ1n) is 12.9. The van der Waals surface area contributed by atoms with Crippen LogP contribution in [0.25, 0.3) is 0 Å². The largest absolute Gasteiger partial charge is 0.492 e. The number of rotatable bonds is 16. The summed E-state index contributed by atoms with van der Waals surface area (Å²) in [6.07, 6.45) is -1.27. The molecule has 0 radical (unpaired) electrons. The summed E-state index contributed by atoms with van der Waals surface area (Å²) >= 11 is 0. The number of aliphatic carboxylic acids is 1. The van der Waals surface area contributed by atoms with Crippen LogP contribution in [0.5, 0.6) is 5.75 Å². The number of benzene rings is 3. The van der Waals surface area contributed by atoms with Crippen LogP contribution in [0.15, 0.2) is 72.8 Å². The summed E-state index contributed by atoms with van der Waals surface area (Å²) in [7, 11) is 0. The SMILES string of the molecule is CCOC(Cc1ccc(OCCN(CCOCc2ccc(F)cc2)C(=O)OCc2ccc(F)cc2)cc1)C(=O)O. The summed E-state index contributed by atoms with van der Waals surface area (Å²) in [6, 6.07) is 18.6. The number of carbonyl (C=O) groups is 2. The van der Waals surface area contributed by atoms with Crippen LogP contribution in [0, 0.1) is 11.6 Å². The van der Waals surface area contributed by atoms with Crippen molar-refractivity contribution >= 4 is 12.1 Å². The Morgan fingerprint density at radius 3 is 1.93 bits per heavy atom. The topological polar surface area (TPSA) is 94.5 Å². The van der Waals surface area contributed by atoms with Crippen LogP contribution in [0.3, 0.4) is 0 Å². The molecule has 214 valence electrons. The molecule has 40 heavy (non-hydrogen) atoms. The Balaban J connectivity index is 1.51. The van der Waals surface area contributed by atoms with Crippen molar-refractivity contribution in [3.05, 3.63) is 101 Å². The van der Waals surface area contributed by atoms with Crippen molar-refractivity contribution in [2.45, 2.75) is 32.7 Å². The lowest BCUT2D eigenvalue weighted by Gasteiger charge is -2.22. The highest BCUT2D eigenvalue weighted by Crippen LogP contribution is 2.15. The van der Waals surface area contributed by atoms with Gasteiger partial charge in [-0.15, -0.1) is 0 Å². The van der Waals surface area contributed by atoms with Crippen molar-refractivity contribution in [2.75, 3.05) is 32.9 Å². The van der Waals surface area contributed by atoms with Crippen molar-refractivity contribution in [1.29, 1.82) is 0 Å². The van der Waals surface area contributed by atoms with Crippen LogP contribution >= 0.6 is 0 Å². The van der Waals surface area contributed by atoms with Crippen LogP contribution in [-0.4, -0.2) is 61.1 Å². The molecule has 0 aliphatic heterocycles. The first-order chi connectivity index (χ1) is 19.3. The number of ether oxygens (including phenoxy) is 4. The maximum Gasteiger partial charge on any atom is 0.410 e. The van der Waals surface area contributed by atoms with Gasteiger partial charge in [0.15, 0.2) is 6.10 Å². The third-order valence-corrected chi connectivity index (χ3v) is 5.84. The highest BCUT2D eigenvalue weighted by molar-refractivity contribution is 5.72. The van der Waals surface area contributed by atoms with Gasteiger partial charge in [0.1, 0.15) is 30.6 Å². The van der Waals surface area contributed by atoms with Crippen molar-refractivity contribution in [3.8, 4) is 5.75 Å². The fourth-order valence-corrected chi connectivity index (χ4v) is 3.68. The Bertz CT molecular complexity index is 1190. The van der Waals surface area contributed by atoms with Crippen molar-refractivity contribution in [2.24, 2.45) is 0 Å². The first kappa shape index (κ1) is 30.5. The second-order valence-electron chi connectivity index (χ2n) is 8.83. The summed E-state index contributed by atoms with van der Waals surface area (Å²) in [5.41, 5.74) is 2.24. The number of hydrogen-bond acceptors (Lipinski definition) is 6. The molecule has 0 saturated carbocycles. The maximum atomic E-state index is 13.2. The molecule has 0 fully saturated rings. The summed E-state index contributed by atoms with van der Waals surface area (Å²) in [5, 5.41) is 9.26. The van der Waals surface area contributed by atoms with E-state index in [1.54, 1.807) is 55.5 Å². The Morgan fingerprint density at radius 1 is 0.800 bits per heavy atom. The normalized spacial score (nSPS) is 11.6. The molecular weight excluding hydrogens is 524 g/mol. The molecule has 3 aromatic rings. The molecule has 3 aromatic carbocycles. The van der Waals surface area contributed by atoms with Gasteiger partial charge in [0, 0.05) is 19.6 Å². The minimum atomic E-state index is -1.02. The molecule has 10 heteroatoms. The van der Waals surface area contributed by atoms with E-state index in [1.807, 2.05) is 0 Å². The van der Waals surface area contributed by atoms with Crippen LogP contribution < -0.4 is 4.74 Å². The van der Waals surface area contributed by atoms with Gasteiger partial charge in [-0.25, -0.2) is 18.4 Å². The Hall–Kier alpha value is -4.02. The van der Waals surface area contributed by atoms with Crippen LogP contribution in [0.4, 0.5) is 13.6 Å². The number of hydrogen-bond donors (Lipinski definition) is 1. The molecule has 0 saturated heterocycles. The summed E-state index contributed by atoms with van der Waals surface area (Å²) in [4.78, 5) is 25.6. The minimum Gasteiger partial charge on any atom is -0.492 e. The van der Waals surface area contributed by atoms with E-state index in [0.29, 0.717) is 17.9 Å². The van der Waals surface area contributed by atoms with Gasteiger partial charge in [-0.05, 0) is 60.0 Å². The van der Waals surface area contributed by atoms with E-state index in [0.717, 1.165) is 11.1 Å². The predicted molar refractivity (Wildman–Crippen MR) is 143 cm³/mol. The predicted octanol–water partition coefficient (Wildman–Crippen LogP) is 5.23. The molecule has 0 aliphatic rings. The van der Waals surface area contributed by atoms with E-state index in [9.17, 15) is 23.5 Å². The van der Waals surface area contributed by atoms with Gasteiger partial charge in [-0.2, -0.15) is 0 Å². The fraction of sp³-hybridized carbons (Fsp3) is 0.333. The Morgan fingerprint density at radius 2 is 1.35 bits per heavy atom. The highest BCUT2D eigenvalue weighted by atomic mass is 19.1. The summed E-state index contributed by atoms with van der Waals surface area (Å²) in [5.74, 6) is -1.17. The molecule has 0 aromatic heterocycles. The lowest BCUT2D eigenvalue weighted by atomic mass is 10.1. The zero-order valence-electron chi connectivity index (χ0n) is 22.3. The molecule has 0 bridgehead atoms. The molecule has 1 atom stereocenters. The van der Waals surface area contributed by atoms with Gasteiger partial charge >= 0.3 is 12.1 Å². The van der Waals surface area contributed by atoms with E-state index in [4.69, 9.17) is 18.9 Å². The second-order valence-corrected chi connectivity index (χ2v) is 8.83. The molecule has 0 heterocycles. The summed E-state index contributed by atoms with van der Waals surface area (Å²) < 4.78 is 48.4. The van der Waals surface area contributed by atoms with Gasteiger partial charge in [-0.1, -0.05) is 36.4 Å². The van der Waals surface area contributed by atoms with Gasteiger partial charge in [0.25, 0.3) is 0 Å². The third kappa shape index (κ3) is 10.6. The van der Waals surface area contributed by atoms with Crippen molar-refractivity contribution in [1.82, 2.24) is 4.90 Å². The maximum absolute atomic E-state index is 13.2. The highest BCUT2D eigenvalue weighted by Gasteiger charge is 2.18.